The minimum atomic E-state index is -0.373. The zero-order chi connectivity index (χ0) is 11.5. The molecule has 0 heterocycles. The lowest BCUT2D eigenvalue weighted by Crippen LogP contribution is -2.57. The van der Waals surface area contributed by atoms with Crippen LogP contribution >= 0.6 is 0 Å². The number of nitrogens with two attached hydrogens (primary N) is 1. The summed E-state index contributed by atoms with van der Waals surface area (Å²) in [6, 6.07) is -0.373. The van der Waals surface area contributed by atoms with Crippen LogP contribution in [0.2, 0.25) is 0 Å². The van der Waals surface area contributed by atoms with E-state index in [0.717, 1.165) is 19.3 Å². The molecule has 0 aliphatic heterocycles. The number of aliphatic hydroxyl groups excluding tert-OH is 1. The summed E-state index contributed by atoms with van der Waals surface area (Å²) < 4.78 is 0. The number of hydrogen-bond acceptors (Lipinski definition) is 3. The van der Waals surface area contributed by atoms with Crippen molar-refractivity contribution in [1.82, 2.24) is 5.32 Å². The highest BCUT2D eigenvalue weighted by Gasteiger charge is 2.35. The summed E-state index contributed by atoms with van der Waals surface area (Å²) >= 11 is 0. The van der Waals surface area contributed by atoms with Gasteiger partial charge in [-0.15, -0.1) is 0 Å². The summed E-state index contributed by atoms with van der Waals surface area (Å²) in [6.45, 7) is 4.01. The van der Waals surface area contributed by atoms with Gasteiger partial charge < -0.3 is 10.8 Å². The van der Waals surface area contributed by atoms with Crippen LogP contribution in [0.1, 0.15) is 39.5 Å². The van der Waals surface area contributed by atoms with Crippen molar-refractivity contribution in [3.8, 4) is 0 Å². The van der Waals surface area contributed by atoms with Crippen LogP contribution in [0.3, 0.4) is 0 Å². The van der Waals surface area contributed by atoms with Crippen LogP contribution in [0.4, 0.5) is 0 Å². The van der Waals surface area contributed by atoms with Gasteiger partial charge in [0.05, 0.1) is 12.6 Å². The molecule has 4 heteroatoms. The number of carbonyl (C=O) groups is 1. The van der Waals surface area contributed by atoms with Crippen molar-refractivity contribution in [2.45, 2.75) is 51.1 Å². The predicted octanol–water partition coefficient (Wildman–Crippen LogP) is 0.391. The zero-order valence-corrected chi connectivity index (χ0v) is 9.62. The van der Waals surface area contributed by atoms with Gasteiger partial charge in [-0.3, -0.25) is 10.1 Å². The van der Waals surface area contributed by atoms with Crippen LogP contribution in [0.5, 0.6) is 0 Å². The third-order valence-corrected chi connectivity index (χ3v) is 3.34. The Morgan fingerprint density at radius 2 is 2.40 bits per heavy atom. The van der Waals surface area contributed by atoms with Gasteiger partial charge in [0.2, 0.25) is 5.91 Å². The van der Waals surface area contributed by atoms with Crippen molar-refractivity contribution in [3.63, 3.8) is 0 Å². The average molecular weight is 214 g/mol. The van der Waals surface area contributed by atoms with Gasteiger partial charge in [-0.2, -0.15) is 0 Å². The molecule has 3 atom stereocenters. The second-order valence-corrected chi connectivity index (χ2v) is 4.91. The molecule has 15 heavy (non-hydrogen) atoms. The monoisotopic (exact) mass is 214 g/mol. The first-order chi connectivity index (χ1) is 6.99. The third-order valence-electron chi connectivity index (χ3n) is 3.34. The fourth-order valence-electron chi connectivity index (χ4n) is 2.51. The topological polar surface area (TPSA) is 75.3 Å². The number of carbonyl (C=O) groups excluding carboxylic acids is 1. The molecule has 3 unspecified atom stereocenters. The first kappa shape index (κ1) is 12.5. The molecule has 0 bridgehead atoms. The summed E-state index contributed by atoms with van der Waals surface area (Å²) in [4.78, 5) is 11.0. The Balaban J connectivity index is 2.63. The molecule has 4 N–H and O–H groups in total. The van der Waals surface area contributed by atoms with Crippen molar-refractivity contribution in [2.75, 3.05) is 6.61 Å². The maximum Gasteiger partial charge on any atom is 0.234 e. The molecule has 0 spiro atoms. The minimum absolute atomic E-state index is 0.0783. The smallest absolute Gasteiger partial charge is 0.234 e. The number of rotatable bonds is 4. The SMILES string of the molecule is CC1CCCC(CO)(NC(C)C(N)=O)C1. The molecule has 1 saturated carbocycles. The van der Waals surface area contributed by atoms with Crippen LogP contribution in [0, 0.1) is 5.92 Å². The molecule has 0 saturated heterocycles. The van der Waals surface area contributed by atoms with Crippen molar-refractivity contribution < 1.29 is 9.90 Å². The van der Waals surface area contributed by atoms with Crippen LogP contribution in [0.15, 0.2) is 0 Å². The number of primary amides is 1. The van der Waals surface area contributed by atoms with Crippen LogP contribution in [-0.2, 0) is 4.79 Å². The predicted molar refractivity (Wildman–Crippen MR) is 59.2 cm³/mol. The second kappa shape index (κ2) is 4.94. The standard InChI is InChI=1S/C11H22N2O2/c1-8-4-3-5-11(6-8,7-14)13-9(2)10(12)15/h8-9,13-14H,3-7H2,1-2H3,(H2,12,15). The van der Waals surface area contributed by atoms with E-state index in [0.29, 0.717) is 5.92 Å². The van der Waals surface area contributed by atoms with Crippen molar-refractivity contribution in [1.29, 1.82) is 0 Å². The summed E-state index contributed by atoms with van der Waals surface area (Å²) in [5.41, 5.74) is 4.92. The van der Waals surface area contributed by atoms with Crippen molar-refractivity contribution in [3.05, 3.63) is 0 Å². The molecule has 4 nitrogen and oxygen atoms in total. The van der Waals surface area contributed by atoms with Gasteiger partial charge in [0.1, 0.15) is 0 Å². The second-order valence-electron chi connectivity index (χ2n) is 4.91. The van der Waals surface area contributed by atoms with Gasteiger partial charge in [-0.05, 0) is 25.7 Å². The summed E-state index contributed by atoms with van der Waals surface area (Å²) in [6.07, 6.45) is 4.14. The highest BCUT2D eigenvalue weighted by Crippen LogP contribution is 2.32. The number of amides is 1. The van der Waals surface area contributed by atoms with Gasteiger partial charge in [-0.1, -0.05) is 19.8 Å². The van der Waals surface area contributed by atoms with Crippen molar-refractivity contribution in [2.24, 2.45) is 11.7 Å². The molecule has 0 radical (unpaired) electrons. The van der Waals surface area contributed by atoms with Gasteiger partial charge in [-0.25, -0.2) is 0 Å². The Morgan fingerprint density at radius 1 is 1.73 bits per heavy atom. The molecular weight excluding hydrogens is 192 g/mol. The van der Waals surface area contributed by atoms with Gasteiger partial charge >= 0.3 is 0 Å². The highest BCUT2D eigenvalue weighted by atomic mass is 16.3. The van der Waals surface area contributed by atoms with E-state index in [1.165, 1.54) is 6.42 Å². The molecule has 1 fully saturated rings. The van der Waals surface area contributed by atoms with Gasteiger partial charge in [0, 0.05) is 5.54 Å². The number of aliphatic hydroxyl groups is 1. The normalized spacial score (nSPS) is 33.7. The Labute approximate surface area is 91.2 Å². The van der Waals surface area contributed by atoms with Crippen LogP contribution in [0.25, 0.3) is 0 Å². The molecule has 1 amide bonds. The van der Waals surface area contributed by atoms with E-state index >= 15 is 0 Å². The minimum Gasteiger partial charge on any atom is -0.394 e. The Morgan fingerprint density at radius 3 is 2.87 bits per heavy atom. The summed E-state index contributed by atoms with van der Waals surface area (Å²) in [5, 5.41) is 12.7. The fourth-order valence-corrected chi connectivity index (χ4v) is 2.51. The lowest BCUT2D eigenvalue weighted by molar-refractivity contribution is -0.120. The largest absolute Gasteiger partial charge is 0.394 e. The first-order valence-corrected chi connectivity index (χ1v) is 5.67. The maximum atomic E-state index is 11.0. The lowest BCUT2D eigenvalue weighted by atomic mass is 9.76. The quantitative estimate of drug-likeness (QED) is 0.633. The van der Waals surface area contributed by atoms with E-state index < -0.39 is 0 Å². The van der Waals surface area contributed by atoms with E-state index in [1.54, 1.807) is 6.92 Å². The molecule has 1 aliphatic carbocycles. The first-order valence-electron chi connectivity index (χ1n) is 5.67. The molecule has 0 aromatic rings. The molecule has 0 aromatic carbocycles. The lowest BCUT2D eigenvalue weighted by Gasteiger charge is -2.41. The van der Waals surface area contributed by atoms with Gasteiger partial charge in [0.25, 0.3) is 0 Å². The van der Waals surface area contributed by atoms with E-state index in [1.807, 2.05) is 0 Å². The molecule has 88 valence electrons. The van der Waals surface area contributed by atoms with Crippen LogP contribution < -0.4 is 11.1 Å². The van der Waals surface area contributed by atoms with Crippen molar-refractivity contribution >= 4 is 5.91 Å². The average Bonchev–Trinajstić information content (AvgIpc) is 2.17. The van der Waals surface area contributed by atoms with E-state index in [2.05, 4.69) is 12.2 Å². The van der Waals surface area contributed by atoms with E-state index in [4.69, 9.17) is 5.73 Å². The maximum absolute atomic E-state index is 11.0. The zero-order valence-electron chi connectivity index (χ0n) is 9.62. The Bertz CT molecular complexity index is 233. The van der Waals surface area contributed by atoms with E-state index in [9.17, 15) is 9.90 Å². The molecule has 1 aliphatic rings. The molecular formula is C11H22N2O2. The Kier molecular flexibility index (Phi) is 4.11. The fraction of sp³-hybridized carbons (Fsp3) is 0.909. The van der Waals surface area contributed by atoms with Gasteiger partial charge in [0.15, 0.2) is 0 Å². The van der Waals surface area contributed by atoms with Crippen LogP contribution in [-0.4, -0.2) is 29.2 Å². The third kappa shape index (κ3) is 3.18. The summed E-state index contributed by atoms with van der Waals surface area (Å²) in [7, 11) is 0. The number of hydrogen-bond donors (Lipinski definition) is 3. The molecule has 0 aromatic heterocycles. The molecule has 1 rings (SSSR count). The van der Waals surface area contributed by atoms with E-state index in [-0.39, 0.29) is 24.1 Å². The highest BCUT2D eigenvalue weighted by molar-refractivity contribution is 5.79. The number of nitrogens with one attached hydrogen (secondary N) is 1. The Hall–Kier alpha value is -0.610. The summed E-state index contributed by atoms with van der Waals surface area (Å²) in [5.74, 6) is 0.236.